The van der Waals surface area contributed by atoms with Gasteiger partial charge in [0.25, 0.3) is 5.91 Å². The third-order valence-corrected chi connectivity index (χ3v) is 2.65. The van der Waals surface area contributed by atoms with Crippen molar-refractivity contribution in [1.82, 2.24) is 10.3 Å². The summed E-state index contributed by atoms with van der Waals surface area (Å²) in [6.45, 7) is 0.272. The summed E-state index contributed by atoms with van der Waals surface area (Å²) in [5.74, 6) is -0.428. The minimum absolute atomic E-state index is 0.182. The second-order valence-corrected chi connectivity index (χ2v) is 4.12. The first-order chi connectivity index (χ1) is 9.47. The number of carbonyl (C=O) groups excluding carboxylic acids is 1. The summed E-state index contributed by atoms with van der Waals surface area (Å²) in [6, 6.07) is 7.61. The van der Waals surface area contributed by atoms with Gasteiger partial charge >= 0.3 is 6.18 Å². The lowest BCUT2D eigenvalue weighted by Crippen LogP contribution is -2.22. The Labute approximate surface area is 113 Å². The second kappa shape index (κ2) is 5.73. The number of halogens is 3. The van der Waals surface area contributed by atoms with Crippen molar-refractivity contribution in [2.24, 2.45) is 0 Å². The van der Waals surface area contributed by atoms with Crippen molar-refractivity contribution in [3.05, 3.63) is 65.5 Å². The highest BCUT2D eigenvalue weighted by molar-refractivity contribution is 5.94. The molecular weight excluding hydrogens is 269 g/mol. The van der Waals surface area contributed by atoms with Crippen LogP contribution in [0.4, 0.5) is 13.2 Å². The predicted octanol–water partition coefficient (Wildman–Crippen LogP) is 3.03. The van der Waals surface area contributed by atoms with Crippen LogP contribution < -0.4 is 5.32 Å². The Morgan fingerprint density at radius 3 is 2.40 bits per heavy atom. The maximum absolute atomic E-state index is 12.4. The number of nitrogens with one attached hydrogen (secondary N) is 1. The molecular formula is C14H11F3N2O. The number of hydrogen-bond donors (Lipinski definition) is 1. The SMILES string of the molecule is O=C(NCc1cccnc1)c1ccc(C(F)(F)F)cc1. The first-order valence-electron chi connectivity index (χ1n) is 5.81. The van der Waals surface area contributed by atoms with Gasteiger partial charge < -0.3 is 5.32 Å². The van der Waals surface area contributed by atoms with Crippen LogP contribution in [0, 0.1) is 0 Å². The number of hydrogen-bond acceptors (Lipinski definition) is 2. The Kier molecular flexibility index (Phi) is 4.02. The molecule has 1 aromatic carbocycles. The van der Waals surface area contributed by atoms with Crippen LogP contribution in [0.25, 0.3) is 0 Å². The number of pyridine rings is 1. The van der Waals surface area contributed by atoms with Gasteiger partial charge in [-0.2, -0.15) is 13.2 Å². The van der Waals surface area contributed by atoms with Gasteiger partial charge in [-0.1, -0.05) is 6.07 Å². The van der Waals surface area contributed by atoms with Gasteiger partial charge in [0, 0.05) is 24.5 Å². The molecule has 0 saturated carbocycles. The lowest BCUT2D eigenvalue weighted by Gasteiger charge is -2.08. The van der Waals surface area contributed by atoms with Gasteiger partial charge in [0.1, 0.15) is 0 Å². The smallest absolute Gasteiger partial charge is 0.348 e. The van der Waals surface area contributed by atoms with Crippen LogP contribution in [0.2, 0.25) is 0 Å². The maximum atomic E-state index is 12.4. The second-order valence-electron chi connectivity index (χ2n) is 4.12. The summed E-state index contributed by atoms with van der Waals surface area (Å²) in [4.78, 5) is 15.7. The molecule has 0 atom stereocenters. The van der Waals surface area contributed by atoms with E-state index in [9.17, 15) is 18.0 Å². The van der Waals surface area contributed by atoms with E-state index in [2.05, 4.69) is 10.3 Å². The third kappa shape index (κ3) is 3.57. The van der Waals surface area contributed by atoms with Crippen LogP contribution in [0.3, 0.4) is 0 Å². The standard InChI is InChI=1S/C14H11F3N2O/c15-14(16,17)12-5-3-11(4-6-12)13(20)19-9-10-2-1-7-18-8-10/h1-8H,9H2,(H,19,20). The number of benzene rings is 1. The molecule has 1 N–H and O–H groups in total. The molecule has 0 spiro atoms. The monoisotopic (exact) mass is 280 g/mol. The molecule has 1 amide bonds. The summed E-state index contributed by atoms with van der Waals surface area (Å²) in [7, 11) is 0. The highest BCUT2D eigenvalue weighted by Crippen LogP contribution is 2.29. The van der Waals surface area contributed by atoms with E-state index >= 15 is 0 Å². The van der Waals surface area contributed by atoms with E-state index in [-0.39, 0.29) is 12.1 Å². The van der Waals surface area contributed by atoms with Gasteiger partial charge in [-0.05, 0) is 35.9 Å². The van der Waals surface area contributed by atoms with E-state index in [1.165, 1.54) is 0 Å². The summed E-state index contributed by atoms with van der Waals surface area (Å²) in [5, 5.41) is 2.61. The maximum Gasteiger partial charge on any atom is 0.416 e. The molecule has 2 aromatic rings. The zero-order valence-corrected chi connectivity index (χ0v) is 10.3. The van der Waals surface area contributed by atoms with E-state index in [0.717, 1.165) is 29.8 Å². The topological polar surface area (TPSA) is 42.0 Å². The van der Waals surface area contributed by atoms with Crippen LogP contribution in [0.15, 0.2) is 48.8 Å². The largest absolute Gasteiger partial charge is 0.416 e. The van der Waals surface area contributed by atoms with Crippen LogP contribution in [0.5, 0.6) is 0 Å². The van der Waals surface area contributed by atoms with Crippen molar-refractivity contribution >= 4 is 5.91 Å². The fraction of sp³-hybridized carbons (Fsp3) is 0.143. The molecule has 2 rings (SSSR count). The lowest BCUT2D eigenvalue weighted by molar-refractivity contribution is -0.137. The molecule has 0 bridgehead atoms. The van der Waals surface area contributed by atoms with Gasteiger partial charge in [-0.25, -0.2) is 0 Å². The third-order valence-electron chi connectivity index (χ3n) is 2.65. The van der Waals surface area contributed by atoms with E-state index in [1.54, 1.807) is 24.5 Å². The number of carbonyl (C=O) groups is 1. The first kappa shape index (κ1) is 14.0. The molecule has 0 aliphatic rings. The molecule has 1 heterocycles. The van der Waals surface area contributed by atoms with Crippen molar-refractivity contribution in [2.75, 3.05) is 0 Å². The van der Waals surface area contributed by atoms with E-state index in [0.29, 0.717) is 0 Å². The Balaban J connectivity index is 1.99. The Morgan fingerprint density at radius 1 is 1.15 bits per heavy atom. The Hall–Kier alpha value is -2.37. The van der Waals surface area contributed by atoms with Gasteiger partial charge in [-0.3, -0.25) is 9.78 Å². The quantitative estimate of drug-likeness (QED) is 0.939. The van der Waals surface area contributed by atoms with Crippen molar-refractivity contribution in [1.29, 1.82) is 0 Å². The first-order valence-corrected chi connectivity index (χ1v) is 5.81. The Bertz CT molecular complexity index is 580. The van der Waals surface area contributed by atoms with Crippen molar-refractivity contribution in [3.63, 3.8) is 0 Å². The predicted molar refractivity (Wildman–Crippen MR) is 66.9 cm³/mol. The minimum atomic E-state index is -4.40. The number of amides is 1. The minimum Gasteiger partial charge on any atom is -0.348 e. The molecule has 0 aliphatic carbocycles. The fourth-order valence-electron chi connectivity index (χ4n) is 1.60. The molecule has 1 aromatic heterocycles. The van der Waals surface area contributed by atoms with Crippen molar-refractivity contribution in [3.8, 4) is 0 Å². The lowest BCUT2D eigenvalue weighted by atomic mass is 10.1. The molecule has 0 saturated heterocycles. The number of rotatable bonds is 3. The summed E-state index contributed by atoms with van der Waals surface area (Å²) in [6.07, 6.45) is -1.18. The molecule has 0 fully saturated rings. The number of aromatic nitrogens is 1. The number of alkyl halides is 3. The zero-order valence-electron chi connectivity index (χ0n) is 10.3. The molecule has 20 heavy (non-hydrogen) atoms. The summed E-state index contributed by atoms with van der Waals surface area (Å²) < 4.78 is 37.1. The summed E-state index contributed by atoms with van der Waals surface area (Å²) in [5.41, 5.74) is 0.218. The van der Waals surface area contributed by atoms with Crippen LogP contribution in [0.1, 0.15) is 21.5 Å². The van der Waals surface area contributed by atoms with Crippen LogP contribution in [-0.2, 0) is 12.7 Å². The summed E-state index contributed by atoms with van der Waals surface area (Å²) >= 11 is 0. The zero-order chi connectivity index (χ0) is 14.6. The molecule has 0 aliphatic heterocycles. The van der Waals surface area contributed by atoms with Crippen molar-refractivity contribution < 1.29 is 18.0 Å². The average molecular weight is 280 g/mol. The molecule has 3 nitrogen and oxygen atoms in total. The van der Waals surface area contributed by atoms with Gasteiger partial charge in [0.2, 0.25) is 0 Å². The average Bonchev–Trinajstić information content (AvgIpc) is 2.45. The highest BCUT2D eigenvalue weighted by atomic mass is 19.4. The van der Waals surface area contributed by atoms with E-state index in [4.69, 9.17) is 0 Å². The fourth-order valence-corrected chi connectivity index (χ4v) is 1.60. The van der Waals surface area contributed by atoms with E-state index in [1.807, 2.05) is 0 Å². The number of nitrogens with zero attached hydrogens (tertiary/aromatic N) is 1. The van der Waals surface area contributed by atoms with Gasteiger partial charge in [0.05, 0.1) is 5.56 Å². The molecule has 6 heteroatoms. The molecule has 104 valence electrons. The van der Waals surface area contributed by atoms with Gasteiger partial charge in [0.15, 0.2) is 0 Å². The van der Waals surface area contributed by atoms with Gasteiger partial charge in [-0.15, -0.1) is 0 Å². The molecule has 0 unspecified atom stereocenters. The highest BCUT2D eigenvalue weighted by Gasteiger charge is 2.30. The normalized spacial score (nSPS) is 11.2. The molecule has 0 radical (unpaired) electrons. The van der Waals surface area contributed by atoms with Crippen LogP contribution >= 0.6 is 0 Å². The van der Waals surface area contributed by atoms with Crippen LogP contribution in [-0.4, -0.2) is 10.9 Å². The van der Waals surface area contributed by atoms with E-state index < -0.39 is 17.6 Å². The van der Waals surface area contributed by atoms with Crippen molar-refractivity contribution in [2.45, 2.75) is 12.7 Å². The Morgan fingerprint density at radius 2 is 1.85 bits per heavy atom.